The average Bonchev–Trinajstić information content (AvgIpc) is 3.43. The molecule has 1 spiro atoms. The first-order chi connectivity index (χ1) is 20.0. The van der Waals surface area contributed by atoms with Crippen LogP contribution in [0.15, 0.2) is 66.7 Å². The van der Waals surface area contributed by atoms with Gasteiger partial charge >= 0.3 is 6.18 Å². The van der Waals surface area contributed by atoms with Crippen molar-refractivity contribution in [3.8, 4) is 0 Å². The van der Waals surface area contributed by atoms with Crippen molar-refractivity contribution in [2.75, 3.05) is 53.3 Å². The highest BCUT2D eigenvalue weighted by Crippen LogP contribution is 2.55. The minimum atomic E-state index is -4.69. The Bertz CT molecular complexity index is 1580. The van der Waals surface area contributed by atoms with Gasteiger partial charge in [-0.2, -0.15) is 13.2 Å². The number of carbonyl (C=O) groups is 2. The monoisotopic (exact) mass is 597 g/mol. The Balaban J connectivity index is 1.23. The van der Waals surface area contributed by atoms with Crippen LogP contribution in [-0.2, 0) is 20.6 Å². The van der Waals surface area contributed by atoms with Crippen LogP contribution < -0.4 is 14.7 Å². The molecule has 0 N–H and O–H groups in total. The second-order valence-electron chi connectivity index (χ2n) is 10.5. The summed E-state index contributed by atoms with van der Waals surface area (Å²) in [5.74, 6) is -0.214. The molecule has 3 aromatic rings. The maximum Gasteiger partial charge on any atom is 0.416 e. The standard InChI is InChI=1S/C29H26F3N5O4S/c1-19-6-9-21(10-7-19)36-26(38)17-42-28(36)22-4-2-3-5-23(22)35(27(28)39)18-33-12-14-34(15-13-33)24-11-8-20(29(30,31)32)16-25(24)37(40)41/h2-11,16H,12-15,17-18H2,1H3. The number of amides is 2. The van der Waals surface area contributed by atoms with Crippen molar-refractivity contribution in [3.05, 3.63) is 93.5 Å². The number of nitro groups is 1. The van der Waals surface area contributed by atoms with E-state index in [1.54, 1.807) is 14.7 Å². The molecule has 2 amide bonds. The number of para-hydroxylation sites is 1. The molecule has 218 valence electrons. The molecule has 6 rings (SSSR count). The highest BCUT2D eigenvalue weighted by Gasteiger charge is 2.61. The van der Waals surface area contributed by atoms with Crippen molar-refractivity contribution in [3.63, 3.8) is 0 Å². The normalized spacial score (nSPS) is 21.0. The van der Waals surface area contributed by atoms with Crippen LogP contribution in [0, 0.1) is 17.0 Å². The summed E-state index contributed by atoms with van der Waals surface area (Å²) in [7, 11) is 0. The molecule has 0 saturated carbocycles. The van der Waals surface area contributed by atoms with Crippen molar-refractivity contribution >= 4 is 46.3 Å². The average molecular weight is 598 g/mol. The number of alkyl halides is 3. The van der Waals surface area contributed by atoms with Gasteiger partial charge in [0.15, 0.2) is 0 Å². The number of hydrogen-bond acceptors (Lipinski definition) is 7. The molecule has 2 saturated heterocycles. The summed E-state index contributed by atoms with van der Waals surface area (Å²) in [5.41, 5.74) is 1.60. The van der Waals surface area contributed by atoms with Gasteiger partial charge in [-0.1, -0.05) is 35.9 Å². The van der Waals surface area contributed by atoms with E-state index in [0.29, 0.717) is 43.6 Å². The third-order valence-corrected chi connectivity index (χ3v) is 9.30. The number of rotatable bonds is 5. The summed E-state index contributed by atoms with van der Waals surface area (Å²) in [6.45, 7) is 3.67. The fourth-order valence-electron chi connectivity index (χ4n) is 5.83. The topological polar surface area (TPSA) is 90.2 Å². The molecule has 3 aliphatic heterocycles. The number of fused-ring (bicyclic) bond motifs is 2. The van der Waals surface area contributed by atoms with Crippen LogP contribution in [-0.4, -0.2) is 60.2 Å². The second-order valence-corrected chi connectivity index (χ2v) is 11.6. The fourth-order valence-corrected chi connectivity index (χ4v) is 7.19. The predicted octanol–water partition coefficient (Wildman–Crippen LogP) is 4.98. The summed E-state index contributed by atoms with van der Waals surface area (Å²) in [5, 5.41) is 11.6. The molecule has 42 heavy (non-hydrogen) atoms. The van der Waals surface area contributed by atoms with Crippen LogP contribution >= 0.6 is 11.8 Å². The number of piperazine rings is 1. The first-order valence-electron chi connectivity index (χ1n) is 13.3. The molecule has 2 fully saturated rings. The van der Waals surface area contributed by atoms with Gasteiger partial charge in [-0.3, -0.25) is 34.4 Å². The molecule has 9 nitrogen and oxygen atoms in total. The molecule has 0 bridgehead atoms. The van der Waals surface area contributed by atoms with Crippen LogP contribution in [0.25, 0.3) is 0 Å². The Labute approximate surface area is 243 Å². The molecule has 1 unspecified atom stereocenters. The van der Waals surface area contributed by atoms with Crippen LogP contribution in [0.1, 0.15) is 16.7 Å². The minimum Gasteiger partial charge on any atom is -0.363 e. The number of nitro benzene ring substituents is 1. The largest absolute Gasteiger partial charge is 0.416 e. The molecule has 0 aliphatic carbocycles. The van der Waals surface area contributed by atoms with E-state index < -0.39 is 27.2 Å². The van der Waals surface area contributed by atoms with Gasteiger partial charge in [-0.15, -0.1) is 11.8 Å². The van der Waals surface area contributed by atoms with Gasteiger partial charge in [0.2, 0.25) is 10.8 Å². The van der Waals surface area contributed by atoms with Gasteiger partial charge in [0.05, 0.1) is 28.6 Å². The maximum atomic E-state index is 14.3. The molecule has 3 aliphatic rings. The molecule has 0 radical (unpaired) electrons. The Morgan fingerprint density at radius 3 is 2.31 bits per heavy atom. The van der Waals surface area contributed by atoms with Crippen LogP contribution in [0.4, 0.5) is 35.9 Å². The predicted molar refractivity (Wildman–Crippen MR) is 153 cm³/mol. The van der Waals surface area contributed by atoms with Crippen molar-refractivity contribution < 1.29 is 27.7 Å². The van der Waals surface area contributed by atoms with E-state index in [2.05, 4.69) is 0 Å². The highest BCUT2D eigenvalue weighted by atomic mass is 32.2. The first kappa shape index (κ1) is 28.0. The zero-order valence-corrected chi connectivity index (χ0v) is 23.3. The molecule has 1 atom stereocenters. The Kier molecular flexibility index (Phi) is 6.89. The molecule has 3 heterocycles. The molecular formula is C29H26F3N5O4S. The maximum absolute atomic E-state index is 14.3. The lowest BCUT2D eigenvalue weighted by Crippen LogP contribution is -2.54. The van der Waals surface area contributed by atoms with Gasteiger partial charge in [0, 0.05) is 43.5 Å². The van der Waals surface area contributed by atoms with Crippen molar-refractivity contribution in [1.29, 1.82) is 0 Å². The summed E-state index contributed by atoms with van der Waals surface area (Å²) in [4.78, 5) is 44.1. The van der Waals surface area contributed by atoms with E-state index in [9.17, 15) is 32.9 Å². The summed E-state index contributed by atoms with van der Waals surface area (Å²) in [6.07, 6.45) is -4.69. The molecule has 13 heteroatoms. The van der Waals surface area contributed by atoms with E-state index in [0.717, 1.165) is 23.3 Å². The summed E-state index contributed by atoms with van der Waals surface area (Å²) >= 11 is 1.30. The van der Waals surface area contributed by atoms with Crippen LogP contribution in [0.5, 0.6) is 0 Å². The van der Waals surface area contributed by atoms with Gasteiger partial charge in [-0.25, -0.2) is 0 Å². The number of aryl methyl sites for hydroxylation is 1. The third kappa shape index (κ3) is 4.56. The van der Waals surface area contributed by atoms with E-state index in [-0.39, 0.29) is 29.9 Å². The second kappa shape index (κ2) is 10.3. The Morgan fingerprint density at radius 2 is 1.64 bits per heavy atom. The lowest BCUT2D eigenvalue weighted by Gasteiger charge is -2.38. The Hall–Kier alpha value is -4.10. The highest BCUT2D eigenvalue weighted by molar-refractivity contribution is 8.02. The van der Waals surface area contributed by atoms with E-state index in [1.165, 1.54) is 11.8 Å². The van der Waals surface area contributed by atoms with Gasteiger partial charge in [-0.05, 0) is 37.3 Å². The smallest absolute Gasteiger partial charge is 0.363 e. The lowest BCUT2D eigenvalue weighted by atomic mass is 10.0. The quantitative estimate of drug-likeness (QED) is 0.303. The van der Waals surface area contributed by atoms with Gasteiger partial charge in [0.1, 0.15) is 5.69 Å². The minimum absolute atomic E-state index is 0.129. The van der Waals surface area contributed by atoms with Crippen molar-refractivity contribution in [2.24, 2.45) is 0 Å². The van der Waals surface area contributed by atoms with Crippen LogP contribution in [0.3, 0.4) is 0 Å². The Morgan fingerprint density at radius 1 is 0.952 bits per heavy atom. The summed E-state index contributed by atoms with van der Waals surface area (Å²) < 4.78 is 39.5. The molecule has 0 aromatic heterocycles. The van der Waals surface area contributed by atoms with Crippen molar-refractivity contribution in [1.82, 2.24) is 4.90 Å². The third-order valence-electron chi connectivity index (χ3n) is 7.91. The SMILES string of the molecule is Cc1ccc(N2C(=O)CSC23C(=O)N(CN2CCN(c4ccc(C(F)(F)F)cc4[N+](=O)[O-])CC2)c2ccccc23)cc1. The molecule has 3 aromatic carbocycles. The fraction of sp³-hybridized carbons (Fsp3) is 0.310. The zero-order chi connectivity index (χ0) is 29.8. The first-order valence-corrected chi connectivity index (χ1v) is 14.3. The van der Waals surface area contributed by atoms with Crippen LogP contribution in [0.2, 0.25) is 0 Å². The van der Waals surface area contributed by atoms with Gasteiger partial charge < -0.3 is 4.90 Å². The number of benzene rings is 3. The number of halogens is 3. The number of carbonyl (C=O) groups excluding carboxylic acids is 2. The van der Waals surface area contributed by atoms with E-state index in [4.69, 9.17) is 0 Å². The number of hydrogen-bond donors (Lipinski definition) is 0. The lowest BCUT2D eigenvalue weighted by molar-refractivity contribution is -0.384. The number of anilines is 3. The number of thioether (sulfide) groups is 1. The summed E-state index contributed by atoms with van der Waals surface area (Å²) in [6, 6.07) is 17.5. The number of nitrogens with zero attached hydrogens (tertiary/aromatic N) is 5. The zero-order valence-electron chi connectivity index (χ0n) is 22.5. The van der Waals surface area contributed by atoms with E-state index >= 15 is 0 Å². The molecular weight excluding hydrogens is 571 g/mol. The van der Waals surface area contributed by atoms with E-state index in [1.807, 2.05) is 60.4 Å². The van der Waals surface area contributed by atoms with Crippen molar-refractivity contribution in [2.45, 2.75) is 18.0 Å². The van der Waals surface area contributed by atoms with Gasteiger partial charge in [0.25, 0.3) is 11.6 Å².